The smallest absolute Gasteiger partial charge is 0.170 e. The molecule has 0 bridgehead atoms. The van der Waals surface area contributed by atoms with Crippen molar-refractivity contribution in [2.75, 3.05) is 0 Å². The van der Waals surface area contributed by atoms with E-state index >= 15 is 0 Å². The maximum atomic E-state index is 13.5. The lowest BCUT2D eigenvalue weighted by Gasteiger charge is -2.08. The van der Waals surface area contributed by atoms with Crippen LogP contribution in [0.15, 0.2) is 47.6 Å². The highest BCUT2D eigenvalue weighted by Gasteiger charge is 2.04. The number of hydrogen-bond acceptors (Lipinski definition) is 3. The molecular weight excluding hydrogens is 259 g/mol. The summed E-state index contributed by atoms with van der Waals surface area (Å²) in [6, 6.07) is 11.7. The Hall–Kier alpha value is -2.56. The number of aryl methyl sites for hydroxylation is 1. The summed E-state index contributed by atoms with van der Waals surface area (Å²) in [5, 5.41) is 11.5. The third-order valence-electron chi connectivity index (χ3n) is 2.84. The fraction of sp³-hybridized carbons (Fsp3) is 0.133. The molecule has 0 aliphatic heterocycles. The van der Waals surface area contributed by atoms with E-state index in [4.69, 9.17) is 15.7 Å². The molecule has 0 spiro atoms. The van der Waals surface area contributed by atoms with Crippen LogP contribution in [0.5, 0.6) is 5.75 Å². The van der Waals surface area contributed by atoms with E-state index in [1.165, 1.54) is 6.07 Å². The predicted molar refractivity (Wildman–Crippen MR) is 74.4 cm³/mol. The van der Waals surface area contributed by atoms with Crippen LogP contribution in [0.2, 0.25) is 0 Å². The first kappa shape index (κ1) is 13.9. The quantitative estimate of drug-likeness (QED) is 0.390. The van der Waals surface area contributed by atoms with E-state index in [9.17, 15) is 4.39 Å². The third-order valence-corrected chi connectivity index (χ3v) is 2.84. The number of halogens is 1. The SMILES string of the molecule is Cc1ccc(F)c(OCc2ccc(C(N)=NO)cc2)c1. The Morgan fingerprint density at radius 3 is 2.60 bits per heavy atom. The molecule has 0 unspecified atom stereocenters. The number of amidine groups is 1. The van der Waals surface area contributed by atoms with Crippen molar-refractivity contribution in [1.82, 2.24) is 0 Å². The topological polar surface area (TPSA) is 67.8 Å². The minimum atomic E-state index is -0.385. The van der Waals surface area contributed by atoms with E-state index in [1.54, 1.807) is 36.4 Å². The molecule has 0 aromatic heterocycles. The monoisotopic (exact) mass is 274 g/mol. The summed E-state index contributed by atoms with van der Waals surface area (Å²) in [5.41, 5.74) is 7.87. The molecule has 3 N–H and O–H groups in total. The zero-order valence-corrected chi connectivity index (χ0v) is 11.0. The fourth-order valence-electron chi connectivity index (χ4n) is 1.71. The summed E-state index contributed by atoms with van der Waals surface area (Å²) in [4.78, 5) is 0. The molecule has 0 radical (unpaired) electrons. The normalized spacial score (nSPS) is 11.4. The Bertz CT molecular complexity index is 624. The minimum Gasteiger partial charge on any atom is -0.486 e. The standard InChI is InChI=1S/C15H15FN2O2/c1-10-2-7-13(16)14(8-10)20-9-11-3-5-12(6-4-11)15(17)18-19/h2-8,19H,9H2,1H3,(H2,17,18). The van der Waals surface area contributed by atoms with E-state index in [2.05, 4.69) is 5.16 Å². The summed E-state index contributed by atoms with van der Waals surface area (Å²) in [6.07, 6.45) is 0. The number of benzene rings is 2. The molecule has 2 rings (SSSR count). The van der Waals surface area contributed by atoms with Crippen LogP contribution in [0.3, 0.4) is 0 Å². The van der Waals surface area contributed by atoms with Crippen LogP contribution in [0.25, 0.3) is 0 Å². The largest absolute Gasteiger partial charge is 0.486 e. The second-order valence-electron chi connectivity index (χ2n) is 4.40. The molecule has 0 aliphatic rings. The van der Waals surface area contributed by atoms with Crippen LogP contribution in [0, 0.1) is 12.7 Å². The van der Waals surface area contributed by atoms with Crippen molar-refractivity contribution >= 4 is 5.84 Å². The molecule has 0 saturated heterocycles. The van der Waals surface area contributed by atoms with Crippen molar-refractivity contribution in [2.24, 2.45) is 10.9 Å². The van der Waals surface area contributed by atoms with E-state index in [-0.39, 0.29) is 24.0 Å². The second kappa shape index (κ2) is 6.06. The van der Waals surface area contributed by atoms with Gasteiger partial charge in [-0.05, 0) is 30.2 Å². The molecule has 0 heterocycles. The van der Waals surface area contributed by atoms with Gasteiger partial charge < -0.3 is 15.7 Å². The van der Waals surface area contributed by atoms with Crippen molar-refractivity contribution < 1.29 is 14.3 Å². The van der Waals surface area contributed by atoms with Gasteiger partial charge in [-0.15, -0.1) is 0 Å². The lowest BCUT2D eigenvalue weighted by Crippen LogP contribution is -2.12. The zero-order chi connectivity index (χ0) is 14.5. The van der Waals surface area contributed by atoms with E-state index in [0.717, 1.165) is 11.1 Å². The van der Waals surface area contributed by atoms with E-state index in [1.807, 2.05) is 6.92 Å². The average molecular weight is 274 g/mol. The Balaban J connectivity index is 2.06. The van der Waals surface area contributed by atoms with Crippen LogP contribution in [-0.4, -0.2) is 11.0 Å². The molecule has 0 saturated carbocycles. The molecule has 4 nitrogen and oxygen atoms in total. The molecule has 0 atom stereocenters. The van der Waals surface area contributed by atoms with E-state index < -0.39 is 0 Å². The number of oxime groups is 1. The van der Waals surface area contributed by atoms with Crippen LogP contribution in [-0.2, 0) is 6.61 Å². The maximum Gasteiger partial charge on any atom is 0.170 e. The second-order valence-corrected chi connectivity index (χ2v) is 4.40. The van der Waals surface area contributed by atoms with E-state index in [0.29, 0.717) is 5.56 Å². The molecular formula is C15H15FN2O2. The van der Waals surface area contributed by atoms with Gasteiger partial charge in [0.1, 0.15) is 6.61 Å². The zero-order valence-electron chi connectivity index (χ0n) is 11.0. The highest BCUT2D eigenvalue weighted by molar-refractivity contribution is 5.96. The van der Waals surface area contributed by atoms with Crippen molar-refractivity contribution in [1.29, 1.82) is 0 Å². The summed E-state index contributed by atoms with van der Waals surface area (Å²) in [6.45, 7) is 2.12. The highest BCUT2D eigenvalue weighted by atomic mass is 19.1. The van der Waals surface area contributed by atoms with Crippen molar-refractivity contribution in [3.8, 4) is 5.75 Å². The van der Waals surface area contributed by atoms with Crippen molar-refractivity contribution in [3.05, 3.63) is 65.0 Å². The molecule has 5 heteroatoms. The Morgan fingerprint density at radius 1 is 1.25 bits per heavy atom. The molecule has 20 heavy (non-hydrogen) atoms. The fourth-order valence-corrected chi connectivity index (χ4v) is 1.71. The third kappa shape index (κ3) is 3.26. The van der Waals surface area contributed by atoms with Gasteiger partial charge in [0.15, 0.2) is 17.4 Å². The predicted octanol–water partition coefficient (Wildman–Crippen LogP) is 2.81. The summed E-state index contributed by atoms with van der Waals surface area (Å²) >= 11 is 0. The first-order valence-corrected chi connectivity index (χ1v) is 6.06. The highest BCUT2D eigenvalue weighted by Crippen LogP contribution is 2.19. The molecule has 0 amide bonds. The Kier molecular flexibility index (Phi) is 4.20. The number of hydrogen-bond donors (Lipinski definition) is 2. The first-order valence-electron chi connectivity index (χ1n) is 6.06. The average Bonchev–Trinajstić information content (AvgIpc) is 2.48. The van der Waals surface area contributed by atoms with Crippen LogP contribution < -0.4 is 10.5 Å². The Morgan fingerprint density at radius 2 is 1.95 bits per heavy atom. The van der Waals surface area contributed by atoms with Gasteiger partial charge in [0.05, 0.1) is 0 Å². The van der Waals surface area contributed by atoms with Gasteiger partial charge in [-0.3, -0.25) is 0 Å². The van der Waals surface area contributed by atoms with Gasteiger partial charge in [-0.2, -0.15) is 0 Å². The van der Waals surface area contributed by atoms with Gasteiger partial charge in [-0.1, -0.05) is 35.5 Å². The number of nitrogens with zero attached hydrogens (tertiary/aromatic N) is 1. The van der Waals surface area contributed by atoms with Crippen molar-refractivity contribution in [3.63, 3.8) is 0 Å². The molecule has 104 valence electrons. The summed E-state index contributed by atoms with van der Waals surface area (Å²) in [5.74, 6) is -0.114. The lowest BCUT2D eigenvalue weighted by atomic mass is 10.1. The molecule has 0 aliphatic carbocycles. The molecule has 2 aromatic carbocycles. The number of ether oxygens (including phenoxy) is 1. The minimum absolute atomic E-state index is 0.0437. The van der Waals surface area contributed by atoms with Gasteiger partial charge in [0, 0.05) is 5.56 Å². The molecule has 2 aromatic rings. The van der Waals surface area contributed by atoms with Gasteiger partial charge >= 0.3 is 0 Å². The van der Waals surface area contributed by atoms with Crippen molar-refractivity contribution in [2.45, 2.75) is 13.5 Å². The van der Waals surface area contributed by atoms with Crippen LogP contribution in [0.1, 0.15) is 16.7 Å². The maximum absolute atomic E-state index is 13.5. The number of rotatable bonds is 4. The van der Waals surface area contributed by atoms with Crippen LogP contribution in [0.4, 0.5) is 4.39 Å². The number of nitrogens with two attached hydrogens (primary N) is 1. The summed E-state index contributed by atoms with van der Waals surface area (Å²) < 4.78 is 18.9. The van der Waals surface area contributed by atoms with Gasteiger partial charge in [0.25, 0.3) is 0 Å². The van der Waals surface area contributed by atoms with Gasteiger partial charge in [0.2, 0.25) is 0 Å². The lowest BCUT2D eigenvalue weighted by molar-refractivity contribution is 0.290. The first-order chi connectivity index (χ1) is 9.60. The summed E-state index contributed by atoms with van der Waals surface area (Å²) in [7, 11) is 0. The van der Waals surface area contributed by atoms with Gasteiger partial charge in [-0.25, -0.2) is 4.39 Å². The Labute approximate surface area is 116 Å². The van der Waals surface area contributed by atoms with Crippen LogP contribution >= 0.6 is 0 Å². The molecule has 0 fully saturated rings.